The van der Waals surface area contributed by atoms with Crippen molar-refractivity contribution >= 4 is 11.9 Å². The fraction of sp³-hybridized carbons (Fsp3) is 0.375. The average molecular weight is 197 g/mol. The first-order valence-electron chi connectivity index (χ1n) is 4.06. The molecular weight excluding hydrogens is 186 g/mol. The molecule has 3 N–H and O–H groups in total. The van der Waals surface area contributed by atoms with Crippen LogP contribution in [-0.2, 0) is 11.3 Å². The Kier molecular flexibility index (Phi) is 2.85. The number of rotatable bonds is 4. The molecule has 0 aromatic carbocycles. The molecule has 14 heavy (non-hydrogen) atoms. The lowest BCUT2D eigenvalue weighted by atomic mass is 10.3. The van der Waals surface area contributed by atoms with Gasteiger partial charge in [-0.3, -0.25) is 4.79 Å². The molecule has 0 radical (unpaired) electrons. The fourth-order valence-corrected chi connectivity index (χ4v) is 1.14. The van der Waals surface area contributed by atoms with Crippen molar-refractivity contribution in [2.24, 2.45) is 5.73 Å². The van der Waals surface area contributed by atoms with E-state index >= 15 is 0 Å². The maximum Gasteiger partial charge on any atom is 0.354 e. The number of primary amides is 1. The van der Waals surface area contributed by atoms with Gasteiger partial charge in [-0.15, -0.1) is 0 Å². The van der Waals surface area contributed by atoms with Crippen molar-refractivity contribution in [2.75, 3.05) is 0 Å². The summed E-state index contributed by atoms with van der Waals surface area (Å²) in [4.78, 5) is 25.1. The zero-order chi connectivity index (χ0) is 10.7. The molecule has 0 unspecified atom stereocenters. The number of hydrogen-bond donors (Lipinski definition) is 2. The Hall–Kier alpha value is -1.85. The summed E-state index contributed by atoms with van der Waals surface area (Å²) in [5.41, 5.74) is 5.04. The third kappa shape index (κ3) is 2.09. The van der Waals surface area contributed by atoms with Crippen LogP contribution in [0.15, 0.2) is 6.20 Å². The van der Waals surface area contributed by atoms with E-state index in [1.807, 2.05) is 0 Å². The Morgan fingerprint density at radius 2 is 2.29 bits per heavy atom. The molecule has 0 atom stereocenters. The number of carboxylic acid groups (broad SMARTS) is 1. The van der Waals surface area contributed by atoms with Crippen molar-refractivity contribution in [3.63, 3.8) is 0 Å². The third-order valence-corrected chi connectivity index (χ3v) is 1.86. The molecule has 0 aliphatic rings. The second kappa shape index (κ2) is 3.91. The standard InChI is InChI=1S/C8H11N3O3/c1-5-10-4-6(8(13)14)11(5)3-2-7(9)12/h4H,2-3H2,1H3,(H2,9,12)(H,13,14). The van der Waals surface area contributed by atoms with Gasteiger partial charge in [0.1, 0.15) is 11.5 Å². The second-order valence-corrected chi connectivity index (χ2v) is 2.86. The van der Waals surface area contributed by atoms with Gasteiger partial charge in [0.05, 0.1) is 6.20 Å². The van der Waals surface area contributed by atoms with Crippen LogP contribution in [0.1, 0.15) is 22.7 Å². The molecule has 1 rings (SSSR count). The van der Waals surface area contributed by atoms with E-state index in [9.17, 15) is 9.59 Å². The Labute approximate surface area is 80.4 Å². The molecule has 0 aliphatic carbocycles. The normalized spacial score (nSPS) is 10.1. The van der Waals surface area contributed by atoms with E-state index in [1.165, 1.54) is 10.8 Å². The van der Waals surface area contributed by atoms with Gasteiger partial charge >= 0.3 is 5.97 Å². The minimum absolute atomic E-state index is 0.0729. The summed E-state index contributed by atoms with van der Waals surface area (Å²) in [5.74, 6) is -0.965. The first-order valence-corrected chi connectivity index (χ1v) is 4.06. The van der Waals surface area contributed by atoms with Crippen LogP contribution in [0.2, 0.25) is 0 Å². The number of carbonyl (C=O) groups is 2. The van der Waals surface area contributed by atoms with Crippen molar-refractivity contribution in [1.29, 1.82) is 0 Å². The highest BCUT2D eigenvalue weighted by Crippen LogP contribution is 2.05. The molecular formula is C8H11N3O3. The lowest BCUT2D eigenvalue weighted by Crippen LogP contribution is -2.17. The van der Waals surface area contributed by atoms with Crippen LogP contribution in [0, 0.1) is 6.92 Å². The summed E-state index contributed by atoms with van der Waals surface area (Å²) in [7, 11) is 0. The molecule has 0 bridgehead atoms. The number of amides is 1. The number of hydrogen-bond acceptors (Lipinski definition) is 3. The van der Waals surface area contributed by atoms with Crippen LogP contribution in [-0.4, -0.2) is 26.5 Å². The minimum Gasteiger partial charge on any atom is -0.477 e. The summed E-state index contributed by atoms with van der Waals surface area (Å²) in [5, 5.41) is 8.77. The van der Waals surface area contributed by atoms with Crippen LogP contribution in [0.4, 0.5) is 0 Å². The van der Waals surface area contributed by atoms with Gasteiger partial charge in [0.25, 0.3) is 0 Å². The second-order valence-electron chi connectivity index (χ2n) is 2.86. The van der Waals surface area contributed by atoms with Crippen LogP contribution in [0.25, 0.3) is 0 Å². The van der Waals surface area contributed by atoms with Gasteiger partial charge < -0.3 is 15.4 Å². The predicted molar refractivity (Wildman–Crippen MR) is 47.7 cm³/mol. The van der Waals surface area contributed by atoms with Crippen LogP contribution >= 0.6 is 0 Å². The van der Waals surface area contributed by atoms with Crippen molar-refractivity contribution in [1.82, 2.24) is 9.55 Å². The van der Waals surface area contributed by atoms with Crippen LogP contribution in [0.3, 0.4) is 0 Å². The van der Waals surface area contributed by atoms with Gasteiger partial charge in [0, 0.05) is 13.0 Å². The van der Waals surface area contributed by atoms with E-state index in [1.54, 1.807) is 6.92 Å². The number of aromatic carboxylic acids is 1. The number of aromatic nitrogens is 2. The van der Waals surface area contributed by atoms with Gasteiger partial charge in [-0.2, -0.15) is 0 Å². The Bertz CT molecular complexity index is 370. The van der Waals surface area contributed by atoms with Gasteiger partial charge in [0.15, 0.2) is 0 Å². The highest BCUT2D eigenvalue weighted by molar-refractivity contribution is 5.85. The quantitative estimate of drug-likeness (QED) is 0.696. The molecule has 0 saturated carbocycles. The SMILES string of the molecule is Cc1ncc(C(=O)O)n1CCC(N)=O. The van der Waals surface area contributed by atoms with Crippen molar-refractivity contribution in [2.45, 2.75) is 19.9 Å². The van der Waals surface area contributed by atoms with Gasteiger partial charge in [-0.05, 0) is 6.92 Å². The number of aryl methyl sites for hydroxylation is 1. The Balaban J connectivity index is 2.88. The highest BCUT2D eigenvalue weighted by Gasteiger charge is 2.13. The topological polar surface area (TPSA) is 98.2 Å². The Morgan fingerprint density at radius 1 is 1.64 bits per heavy atom. The molecule has 6 nitrogen and oxygen atoms in total. The molecule has 1 aromatic rings. The van der Waals surface area contributed by atoms with Gasteiger partial charge in [-0.1, -0.05) is 0 Å². The molecule has 1 heterocycles. The van der Waals surface area contributed by atoms with Crippen LogP contribution in [0.5, 0.6) is 0 Å². The summed E-state index contributed by atoms with van der Waals surface area (Å²) >= 11 is 0. The van der Waals surface area contributed by atoms with Crippen LogP contribution < -0.4 is 5.73 Å². The third-order valence-electron chi connectivity index (χ3n) is 1.86. The first-order chi connectivity index (χ1) is 6.52. The van der Waals surface area contributed by atoms with E-state index in [0.29, 0.717) is 5.82 Å². The predicted octanol–water partition coefficient (Wildman–Crippen LogP) is -0.235. The van der Waals surface area contributed by atoms with Gasteiger partial charge in [-0.25, -0.2) is 9.78 Å². The van der Waals surface area contributed by atoms with Gasteiger partial charge in [0.2, 0.25) is 5.91 Å². The van der Waals surface area contributed by atoms with Crippen molar-refractivity contribution in [3.05, 3.63) is 17.7 Å². The molecule has 6 heteroatoms. The molecule has 1 amide bonds. The number of carbonyl (C=O) groups excluding carboxylic acids is 1. The van der Waals surface area contributed by atoms with E-state index in [-0.39, 0.29) is 18.7 Å². The number of nitrogens with zero attached hydrogens (tertiary/aromatic N) is 2. The molecule has 0 aliphatic heterocycles. The zero-order valence-corrected chi connectivity index (χ0v) is 7.73. The maximum atomic E-state index is 10.7. The highest BCUT2D eigenvalue weighted by atomic mass is 16.4. The van der Waals surface area contributed by atoms with Crippen molar-refractivity contribution < 1.29 is 14.7 Å². The zero-order valence-electron chi connectivity index (χ0n) is 7.73. The average Bonchev–Trinajstić information content (AvgIpc) is 2.43. The fourth-order valence-electron chi connectivity index (χ4n) is 1.14. The lowest BCUT2D eigenvalue weighted by molar-refractivity contribution is -0.118. The summed E-state index contributed by atoms with van der Waals surface area (Å²) in [6.07, 6.45) is 1.37. The van der Waals surface area contributed by atoms with E-state index in [2.05, 4.69) is 4.98 Å². The van der Waals surface area contributed by atoms with Crippen molar-refractivity contribution in [3.8, 4) is 0 Å². The lowest BCUT2D eigenvalue weighted by Gasteiger charge is -2.05. The molecule has 1 aromatic heterocycles. The van der Waals surface area contributed by atoms with E-state index in [4.69, 9.17) is 10.8 Å². The summed E-state index contributed by atoms with van der Waals surface area (Å²) < 4.78 is 1.45. The molecule has 0 fully saturated rings. The van der Waals surface area contributed by atoms with E-state index in [0.717, 1.165) is 0 Å². The maximum absolute atomic E-state index is 10.7. The largest absolute Gasteiger partial charge is 0.477 e. The van der Waals surface area contributed by atoms with E-state index < -0.39 is 11.9 Å². The molecule has 0 spiro atoms. The molecule has 0 saturated heterocycles. The Morgan fingerprint density at radius 3 is 2.79 bits per heavy atom. The minimum atomic E-state index is -1.06. The monoisotopic (exact) mass is 197 g/mol. The molecule has 76 valence electrons. The number of carboxylic acids is 1. The first kappa shape index (κ1) is 10.2. The summed E-state index contributed by atoms with van der Waals surface area (Å²) in [6.45, 7) is 1.93. The number of nitrogens with two attached hydrogens (primary N) is 1. The smallest absolute Gasteiger partial charge is 0.354 e. The summed E-state index contributed by atoms with van der Waals surface area (Å²) in [6, 6.07) is 0. The number of imidazole rings is 1.